The Morgan fingerprint density at radius 1 is 1.15 bits per heavy atom. The summed E-state index contributed by atoms with van der Waals surface area (Å²) in [6.07, 6.45) is 2.01. The van der Waals surface area contributed by atoms with E-state index in [1.54, 1.807) is 31.4 Å². The van der Waals surface area contributed by atoms with Crippen molar-refractivity contribution in [3.63, 3.8) is 0 Å². The van der Waals surface area contributed by atoms with Crippen LogP contribution < -0.4 is 10.4 Å². The highest BCUT2D eigenvalue weighted by atomic mass is 35.5. The zero-order valence-electron chi connectivity index (χ0n) is 14.3. The van der Waals surface area contributed by atoms with Crippen LogP contribution in [-0.2, 0) is 13.0 Å². The van der Waals surface area contributed by atoms with E-state index in [0.717, 1.165) is 36.4 Å². The molecule has 4 rings (SSSR count). The second-order valence-corrected chi connectivity index (χ2v) is 6.61. The van der Waals surface area contributed by atoms with Crippen molar-refractivity contribution in [2.75, 3.05) is 7.11 Å². The number of aromatic amines is 1. The predicted molar refractivity (Wildman–Crippen MR) is 100 cm³/mol. The maximum atomic E-state index is 12.5. The highest BCUT2D eigenvalue weighted by Crippen LogP contribution is 2.27. The van der Waals surface area contributed by atoms with Crippen LogP contribution in [0.5, 0.6) is 5.75 Å². The summed E-state index contributed by atoms with van der Waals surface area (Å²) < 4.78 is 7.32. The first-order valence-corrected chi connectivity index (χ1v) is 8.84. The van der Waals surface area contributed by atoms with Gasteiger partial charge in [-0.3, -0.25) is 4.79 Å². The van der Waals surface area contributed by atoms with Gasteiger partial charge in [-0.15, -0.1) is 0 Å². The number of rotatable bonds is 3. The SMILES string of the molecule is COc1ccc(-c2[nH]/c(=N\C(=O)c3ccc(Cl)cc3)n3c2CCC3)cc1. The molecule has 26 heavy (non-hydrogen) atoms. The van der Waals surface area contributed by atoms with Gasteiger partial charge in [-0.1, -0.05) is 11.6 Å². The fourth-order valence-electron chi connectivity index (χ4n) is 3.26. The topological polar surface area (TPSA) is 59.4 Å². The summed E-state index contributed by atoms with van der Waals surface area (Å²) in [6, 6.07) is 14.6. The molecule has 0 saturated carbocycles. The summed E-state index contributed by atoms with van der Waals surface area (Å²) in [5.74, 6) is 0.527. The summed E-state index contributed by atoms with van der Waals surface area (Å²) in [5, 5.41) is 0.596. The summed E-state index contributed by atoms with van der Waals surface area (Å²) >= 11 is 5.88. The molecule has 2 aromatic carbocycles. The average molecular weight is 368 g/mol. The highest BCUT2D eigenvalue weighted by molar-refractivity contribution is 6.30. The molecule has 2 heterocycles. The van der Waals surface area contributed by atoms with E-state index in [2.05, 4.69) is 14.5 Å². The zero-order chi connectivity index (χ0) is 18.1. The van der Waals surface area contributed by atoms with Crippen molar-refractivity contribution >= 4 is 17.5 Å². The maximum absolute atomic E-state index is 12.5. The van der Waals surface area contributed by atoms with Crippen LogP contribution in [0.1, 0.15) is 22.5 Å². The van der Waals surface area contributed by atoms with E-state index in [1.165, 1.54) is 5.69 Å². The van der Waals surface area contributed by atoms with Crippen LogP contribution in [0.15, 0.2) is 53.5 Å². The molecule has 0 unspecified atom stereocenters. The summed E-state index contributed by atoms with van der Waals surface area (Å²) in [6.45, 7) is 0.856. The molecule has 1 aromatic heterocycles. The third-order valence-electron chi connectivity index (χ3n) is 4.58. The minimum atomic E-state index is -0.286. The molecule has 0 saturated heterocycles. The number of carbonyl (C=O) groups is 1. The smallest absolute Gasteiger partial charge is 0.280 e. The van der Waals surface area contributed by atoms with E-state index in [9.17, 15) is 4.79 Å². The van der Waals surface area contributed by atoms with Gasteiger partial charge in [0.25, 0.3) is 5.91 Å². The molecule has 0 atom stereocenters. The number of hydrogen-bond donors (Lipinski definition) is 1. The number of hydrogen-bond acceptors (Lipinski definition) is 2. The molecule has 6 heteroatoms. The molecule has 1 N–H and O–H groups in total. The molecule has 1 amide bonds. The lowest BCUT2D eigenvalue weighted by atomic mass is 10.1. The number of nitrogens with zero attached hydrogens (tertiary/aromatic N) is 2. The number of halogens is 1. The van der Waals surface area contributed by atoms with E-state index in [0.29, 0.717) is 16.2 Å². The number of benzene rings is 2. The molecular weight excluding hydrogens is 350 g/mol. The van der Waals surface area contributed by atoms with Gasteiger partial charge in [-0.25, -0.2) is 0 Å². The highest BCUT2D eigenvalue weighted by Gasteiger charge is 2.19. The molecule has 0 aliphatic carbocycles. The summed E-state index contributed by atoms with van der Waals surface area (Å²) in [5.41, 5.74) is 4.34. The van der Waals surface area contributed by atoms with Gasteiger partial charge >= 0.3 is 0 Å². The Labute approximate surface area is 155 Å². The predicted octanol–water partition coefficient (Wildman–Crippen LogP) is 3.83. The van der Waals surface area contributed by atoms with Crippen molar-refractivity contribution in [3.05, 3.63) is 70.4 Å². The van der Waals surface area contributed by atoms with Crippen LogP contribution in [0.3, 0.4) is 0 Å². The van der Waals surface area contributed by atoms with Gasteiger partial charge in [0.2, 0.25) is 5.62 Å². The molecule has 0 fully saturated rings. The second-order valence-electron chi connectivity index (χ2n) is 6.18. The number of ether oxygens (including phenoxy) is 1. The first-order valence-electron chi connectivity index (χ1n) is 8.46. The molecule has 3 aromatic rings. The van der Waals surface area contributed by atoms with E-state index in [4.69, 9.17) is 16.3 Å². The third-order valence-corrected chi connectivity index (χ3v) is 4.83. The number of amides is 1. The summed E-state index contributed by atoms with van der Waals surface area (Å²) in [7, 11) is 1.65. The quantitative estimate of drug-likeness (QED) is 0.764. The molecule has 1 aliphatic rings. The van der Waals surface area contributed by atoms with Crippen molar-refractivity contribution in [3.8, 4) is 17.0 Å². The average Bonchev–Trinajstić information content (AvgIpc) is 3.26. The number of nitrogens with one attached hydrogen (secondary N) is 1. The molecular formula is C20H18ClN3O2. The molecule has 5 nitrogen and oxygen atoms in total. The third kappa shape index (κ3) is 3.06. The van der Waals surface area contributed by atoms with Crippen LogP contribution in [0.4, 0.5) is 0 Å². The Hall–Kier alpha value is -2.79. The van der Waals surface area contributed by atoms with Crippen molar-refractivity contribution in [1.29, 1.82) is 0 Å². The van der Waals surface area contributed by atoms with Gasteiger partial charge in [-0.05, 0) is 61.4 Å². The number of methoxy groups -OCH3 is 1. The molecule has 0 spiro atoms. The van der Waals surface area contributed by atoms with E-state index in [1.807, 2.05) is 24.3 Å². The lowest BCUT2D eigenvalue weighted by molar-refractivity contribution is 0.0996. The van der Waals surface area contributed by atoms with Crippen LogP contribution in [0, 0.1) is 0 Å². The van der Waals surface area contributed by atoms with Gasteiger partial charge in [0.05, 0.1) is 12.8 Å². The monoisotopic (exact) mass is 367 g/mol. The first-order chi connectivity index (χ1) is 12.7. The minimum Gasteiger partial charge on any atom is -0.497 e. The van der Waals surface area contributed by atoms with Gasteiger partial charge in [0, 0.05) is 28.4 Å². The van der Waals surface area contributed by atoms with Crippen LogP contribution in [0.25, 0.3) is 11.3 Å². The number of carbonyl (C=O) groups excluding carboxylic acids is 1. The largest absolute Gasteiger partial charge is 0.497 e. The number of aromatic nitrogens is 2. The molecule has 0 radical (unpaired) electrons. The standard InChI is InChI=1S/C20H18ClN3O2/c1-26-16-10-6-13(7-11-16)18-17-3-2-12-24(17)20(22-18)23-19(25)14-4-8-15(21)9-5-14/h4-11H,2-3,12H2,1H3,(H,22,23,25). The van der Waals surface area contributed by atoms with E-state index < -0.39 is 0 Å². The van der Waals surface area contributed by atoms with Gasteiger partial charge in [0.15, 0.2) is 0 Å². The van der Waals surface area contributed by atoms with Crippen LogP contribution in [0.2, 0.25) is 5.02 Å². The Kier molecular flexibility index (Phi) is 4.39. The van der Waals surface area contributed by atoms with Gasteiger partial charge in [-0.2, -0.15) is 4.99 Å². The second kappa shape index (κ2) is 6.84. The van der Waals surface area contributed by atoms with Gasteiger partial charge in [0.1, 0.15) is 5.75 Å². The Bertz CT molecular complexity index is 1010. The maximum Gasteiger partial charge on any atom is 0.280 e. The van der Waals surface area contributed by atoms with Crippen molar-refractivity contribution in [1.82, 2.24) is 9.55 Å². The number of fused-ring (bicyclic) bond motifs is 1. The molecule has 132 valence electrons. The van der Waals surface area contributed by atoms with Crippen LogP contribution in [-0.4, -0.2) is 22.6 Å². The molecule has 1 aliphatic heterocycles. The van der Waals surface area contributed by atoms with Crippen LogP contribution >= 0.6 is 11.6 Å². The van der Waals surface area contributed by atoms with E-state index in [-0.39, 0.29) is 5.91 Å². The van der Waals surface area contributed by atoms with Crippen molar-refractivity contribution in [2.45, 2.75) is 19.4 Å². The fourth-order valence-corrected chi connectivity index (χ4v) is 3.38. The lowest BCUT2D eigenvalue weighted by Crippen LogP contribution is -2.19. The fraction of sp³-hybridized carbons (Fsp3) is 0.200. The van der Waals surface area contributed by atoms with Crippen molar-refractivity contribution in [2.24, 2.45) is 4.99 Å². The normalized spacial score (nSPS) is 13.7. The zero-order valence-corrected chi connectivity index (χ0v) is 15.1. The Morgan fingerprint density at radius 2 is 1.88 bits per heavy atom. The first kappa shape index (κ1) is 16.7. The van der Waals surface area contributed by atoms with Crippen molar-refractivity contribution < 1.29 is 9.53 Å². The number of H-pyrrole nitrogens is 1. The lowest BCUT2D eigenvalue weighted by Gasteiger charge is -2.03. The van der Waals surface area contributed by atoms with E-state index >= 15 is 0 Å². The Balaban J connectivity index is 1.75. The number of imidazole rings is 1. The summed E-state index contributed by atoms with van der Waals surface area (Å²) in [4.78, 5) is 20.1. The molecule has 0 bridgehead atoms. The minimum absolute atomic E-state index is 0.286. The Morgan fingerprint density at radius 3 is 2.58 bits per heavy atom. The van der Waals surface area contributed by atoms with Gasteiger partial charge < -0.3 is 14.3 Å².